The van der Waals surface area contributed by atoms with Gasteiger partial charge in [0.2, 0.25) is 0 Å². The number of carbonyl (C=O) groups is 2. The van der Waals surface area contributed by atoms with Gasteiger partial charge in [0.05, 0.1) is 26.4 Å². The molecule has 3 heterocycles. The number of carbonyl (C=O) groups excluding carboxylic acids is 2. The number of imide groups is 1. The molecule has 1 aromatic carbocycles. The van der Waals surface area contributed by atoms with E-state index in [9.17, 15) is 9.59 Å². The molecule has 4 nitrogen and oxygen atoms in total. The summed E-state index contributed by atoms with van der Waals surface area (Å²) in [4.78, 5) is 31.8. The number of thiophene rings is 1. The van der Waals surface area contributed by atoms with Crippen LogP contribution in [0.4, 0.5) is 0 Å². The first-order valence-corrected chi connectivity index (χ1v) is 8.75. The molecule has 6 heteroatoms. The Morgan fingerprint density at radius 1 is 1.17 bits per heavy atom. The molecule has 4 rings (SSSR count). The zero-order chi connectivity index (χ0) is 16.8. The first-order valence-electron chi connectivity index (χ1n) is 7.56. The van der Waals surface area contributed by atoms with Gasteiger partial charge in [0.15, 0.2) is 0 Å². The van der Waals surface area contributed by atoms with E-state index in [4.69, 9.17) is 11.6 Å². The Hall–Kier alpha value is -2.24. The fraction of sp³-hybridized carbons (Fsp3) is 0.167. The Morgan fingerprint density at radius 2 is 1.83 bits per heavy atom. The SMILES string of the molecule is CC(Cc1cc2nccc(Cl)c2s1)N1C(=O)c2ccccc2C1=O. The largest absolute Gasteiger partial charge is 0.271 e. The van der Waals surface area contributed by atoms with E-state index in [-0.39, 0.29) is 17.9 Å². The molecule has 0 bridgehead atoms. The number of fused-ring (bicyclic) bond motifs is 2. The smallest absolute Gasteiger partial charge is 0.261 e. The fourth-order valence-corrected chi connectivity index (χ4v) is 4.46. The summed E-state index contributed by atoms with van der Waals surface area (Å²) in [5.41, 5.74) is 1.81. The maximum Gasteiger partial charge on any atom is 0.261 e. The van der Waals surface area contributed by atoms with Crippen molar-refractivity contribution >= 4 is 45.0 Å². The van der Waals surface area contributed by atoms with Crippen LogP contribution in [0.1, 0.15) is 32.5 Å². The van der Waals surface area contributed by atoms with E-state index in [0.717, 1.165) is 15.1 Å². The summed E-state index contributed by atoms with van der Waals surface area (Å²) >= 11 is 7.75. The van der Waals surface area contributed by atoms with Crippen molar-refractivity contribution in [3.8, 4) is 0 Å². The Morgan fingerprint density at radius 3 is 2.46 bits per heavy atom. The summed E-state index contributed by atoms with van der Waals surface area (Å²) in [7, 11) is 0. The predicted octanol–water partition coefficient (Wildman–Crippen LogP) is 4.18. The van der Waals surface area contributed by atoms with Crippen LogP contribution in [0.3, 0.4) is 0 Å². The van der Waals surface area contributed by atoms with Gasteiger partial charge in [0.25, 0.3) is 11.8 Å². The predicted molar refractivity (Wildman–Crippen MR) is 94.7 cm³/mol. The van der Waals surface area contributed by atoms with Gasteiger partial charge in [-0.3, -0.25) is 19.5 Å². The molecule has 1 unspecified atom stereocenters. The molecular formula is C18H13ClN2O2S. The summed E-state index contributed by atoms with van der Waals surface area (Å²) in [5.74, 6) is -0.444. The van der Waals surface area contributed by atoms with Gasteiger partial charge < -0.3 is 0 Å². The van der Waals surface area contributed by atoms with Gasteiger partial charge in [-0.2, -0.15) is 0 Å². The first kappa shape index (κ1) is 15.3. The molecule has 0 fully saturated rings. The van der Waals surface area contributed by atoms with Crippen molar-refractivity contribution in [2.45, 2.75) is 19.4 Å². The molecule has 120 valence electrons. The molecule has 24 heavy (non-hydrogen) atoms. The minimum absolute atomic E-state index is 0.222. The van der Waals surface area contributed by atoms with E-state index in [1.807, 2.05) is 13.0 Å². The van der Waals surface area contributed by atoms with Gasteiger partial charge in [-0.05, 0) is 31.2 Å². The molecule has 1 aliphatic heterocycles. The van der Waals surface area contributed by atoms with E-state index in [1.54, 1.807) is 47.9 Å². The third-order valence-corrected chi connectivity index (χ3v) is 5.78. The number of amides is 2. The van der Waals surface area contributed by atoms with Gasteiger partial charge in [-0.15, -0.1) is 11.3 Å². The van der Waals surface area contributed by atoms with Gasteiger partial charge >= 0.3 is 0 Å². The second kappa shape index (κ2) is 5.69. The lowest BCUT2D eigenvalue weighted by Crippen LogP contribution is -2.39. The highest BCUT2D eigenvalue weighted by Gasteiger charge is 2.38. The summed E-state index contributed by atoms with van der Waals surface area (Å²) in [6, 6.07) is 10.5. The lowest BCUT2D eigenvalue weighted by Gasteiger charge is -2.21. The highest BCUT2D eigenvalue weighted by Crippen LogP contribution is 2.32. The monoisotopic (exact) mass is 356 g/mol. The van der Waals surface area contributed by atoms with Gasteiger partial charge in [-0.1, -0.05) is 23.7 Å². The number of aromatic nitrogens is 1. The third kappa shape index (κ3) is 2.32. The normalized spacial score (nSPS) is 15.2. The zero-order valence-electron chi connectivity index (χ0n) is 12.8. The van der Waals surface area contributed by atoms with Crippen molar-refractivity contribution < 1.29 is 9.59 Å². The van der Waals surface area contributed by atoms with E-state index in [0.29, 0.717) is 22.6 Å². The molecule has 1 atom stereocenters. The van der Waals surface area contributed by atoms with Crippen molar-refractivity contribution in [3.63, 3.8) is 0 Å². The van der Waals surface area contributed by atoms with Crippen LogP contribution in [0.5, 0.6) is 0 Å². The fourth-order valence-electron chi connectivity index (χ4n) is 3.05. The molecule has 0 saturated carbocycles. The third-order valence-electron chi connectivity index (χ3n) is 4.18. The van der Waals surface area contributed by atoms with Crippen molar-refractivity contribution in [3.05, 3.63) is 63.6 Å². The Labute approximate surface area is 147 Å². The average molecular weight is 357 g/mol. The van der Waals surface area contributed by atoms with Crippen LogP contribution in [0.2, 0.25) is 5.02 Å². The van der Waals surface area contributed by atoms with E-state index < -0.39 is 0 Å². The van der Waals surface area contributed by atoms with Crippen molar-refractivity contribution in [1.82, 2.24) is 9.88 Å². The summed E-state index contributed by atoms with van der Waals surface area (Å²) in [6.07, 6.45) is 2.26. The second-order valence-corrected chi connectivity index (χ2v) is 7.34. The molecule has 0 saturated heterocycles. The van der Waals surface area contributed by atoms with Crippen LogP contribution in [0, 0.1) is 0 Å². The number of pyridine rings is 1. The number of nitrogens with zero attached hydrogens (tertiary/aromatic N) is 2. The van der Waals surface area contributed by atoms with E-state index in [2.05, 4.69) is 4.98 Å². The number of hydrogen-bond donors (Lipinski definition) is 0. The van der Waals surface area contributed by atoms with Crippen LogP contribution in [-0.4, -0.2) is 27.7 Å². The number of hydrogen-bond acceptors (Lipinski definition) is 4. The molecule has 3 aromatic rings. The first-order chi connectivity index (χ1) is 11.6. The van der Waals surface area contributed by atoms with Crippen LogP contribution < -0.4 is 0 Å². The van der Waals surface area contributed by atoms with Crippen LogP contribution in [0.25, 0.3) is 10.2 Å². The highest BCUT2D eigenvalue weighted by atomic mass is 35.5. The van der Waals surface area contributed by atoms with Gasteiger partial charge in [0.1, 0.15) is 0 Å². The van der Waals surface area contributed by atoms with Crippen LogP contribution in [0.15, 0.2) is 42.6 Å². The molecule has 0 N–H and O–H groups in total. The quantitative estimate of drug-likeness (QED) is 0.661. The second-order valence-electron chi connectivity index (χ2n) is 5.80. The summed E-state index contributed by atoms with van der Waals surface area (Å²) in [6.45, 7) is 1.89. The average Bonchev–Trinajstić information content (AvgIpc) is 3.08. The van der Waals surface area contributed by atoms with Gasteiger partial charge in [0, 0.05) is 23.5 Å². The molecule has 1 aliphatic rings. The van der Waals surface area contributed by atoms with Crippen LogP contribution in [-0.2, 0) is 6.42 Å². The minimum Gasteiger partial charge on any atom is -0.271 e. The standard InChI is InChI=1S/C18H13ClN2O2S/c1-10(8-11-9-15-16(24-11)14(19)6-7-20-15)21-17(22)12-4-2-3-5-13(12)18(21)23/h2-7,9-10H,8H2,1H3. The van der Waals surface area contributed by atoms with Crippen molar-refractivity contribution in [2.75, 3.05) is 0 Å². The maximum atomic E-state index is 12.5. The number of halogens is 1. The van der Waals surface area contributed by atoms with Crippen molar-refractivity contribution in [1.29, 1.82) is 0 Å². The maximum absolute atomic E-state index is 12.5. The number of benzene rings is 1. The minimum atomic E-state index is -0.232. The molecular weight excluding hydrogens is 344 g/mol. The lowest BCUT2D eigenvalue weighted by molar-refractivity contribution is 0.0597. The molecule has 2 aromatic heterocycles. The summed E-state index contributed by atoms with van der Waals surface area (Å²) < 4.78 is 0.934. The molecule has 0 radical (unpaired) electrons. The Bertz CT molecular complexity index is 947. The highest BCUT2D eigenvalue weighted by molar-refractivity contribution is 7.19. The zero-order valence-corrected chi connectivity index (χ0v) is 14.4. The topological polar surface area (TPSA) is 50.3 Å². The molecule has 0 aliphatic carbocycles. The van der Waals surface area contributed by atoms with E-state index >= 15 is 0 Å². The Balaban J connectivity index is 1.62. The van der Waals surface area contributed by atoms with E-state index in [1.165, 1.54) is 4.90 Å². The lowest BCUT2D eigenvalue weighted by atomic mass is 10.1. The molecule has 0 spiro atoms. The number of rotatable bonds is 3. The Kier molecular flexibility index (Phi) is 3.62. The van der Waals surface area contributed by atoms with Crippen LogP contribution >= 0.6 is 22.9 Å². The van der Waals surface area contributed by atoms with Crippen molar-refractivity contribution in [2.24, 2.45) is 0 Å². The van der Waals surface area contributed by atoms with Gasteiger partial charge in [-0.25, -0.2) is 0 Å². The molecule has 2 amide bonds. The summed E-state index contributed by atoms with van der Waals surface area (Å²) in [5, 5.41) is 0.671.